The van der Waals surface area contributed by atoms with Crippen LogP contribution in [0.15, 0.2) is 35.1 Å². The van der Waals surface area contributed by atoms with E-state index in [2.05, 4.69) is 10.3 Å². The molecular formula is C15H9Cl3N2O2. The molecule has 2 aromatic carbocycles. The van der Waals surface area contributed by atoms with Crippen molar-refractivity contribution in [2.24, 2.45) is 0 Å². The van der Waals surface area contributed by atoms with E-state index in [4.69, 9.17) is 34.8 Å². The van der Waals surface area contributed by atoms with Gasteiger partial charge in [-0.25, -0.2) is 0 Å². The molecule has 0 unspecified atom stereocenters. The second-order valence-corrected chi connectivity index (χ2v) is 5.84. The molecule has 112 valence electrons. The number of pyridine rings is 1. The van der Waals surface area contributed by atoms with E-state index in [1.54, 1.807) is 30.3 Å². The first-order valence-electron chi connectivity index (χ1n) is 6.30. The number of amides is 1. The smallest absolute Gasteiger partial charge is 0.256 e. The van der Waals surface area contributed by atoms with E-state index < -0.39 is 0 Å². The predicted molar refractivity (Wildman–Crippen MR) is 91.4 cm³/mol. The lowest BCUT2D eigenvalue weighted by Gasteiger charge is -2.11. The first-order chi connectivity index (χ1) is 10.5. The lowest BCUT2D eigenvalue weighted by Crippen LogP contribution is -2.14. The third kappa shape index (κ3) is 2.65. The van der Waals surface area contributed by atoms with E-state index >= 15 is 0 Å². The molecular weight excluding hydrogens is 347 g/mol. The zero-order valence-corrected chi connectivity index (χ0v) is 13.3. The number of carbonyl (C=O) groups is 1. The highest BCUT2D eigenvalue weighted by Gasteiger charge is 2.13. The molecule has 3 rings (SSSR count). The van der Waals surface area contributed by atoms with Crippen molar-refractivity contribution >= 4 is 68.1 Å². The average molecular weight is 356 g/mol. The van der Waals surface area contributed by atoms with Crippen LogP contribution in [-0.2, 0) is 4.79 Å². The third-order valence-electron chi connectivity index (χ3n) is 3.24. The monoisotopic (exact) mass is 354 g/mol. The van der Waals surface area contributed by atoms with Crippen molar-refractivity contribution in [1.29, 1.82) is 0 Å². The van der Waals surface area contributed by atoms with Gasteiger partial charge < -0.3 is 10.3 Å². The Morgan fingerprint density at radius 1 is 1.09 bits per heavy atom. The first-order valence-corrected chi connectivity index (χ1v) is 7.59. The maximum absolute atomic E-state index is 12.2. The van der Waals surface area contributed by atoms with E-state index in [0.29, 0.717) is 37.4 Å². The fourth-order valence-corrected chi connectivity index (χ4v) is 2.85. The summed E-state index contributed by atoms with van der Waals surface area (Å²) in [6, 6.07) is 8.24. The molecule has 0 bridgehead atoms. The Labute approximate surface area is 140 Å². The number of halogens is 3. The Morgan fingerprint density at radius 3 is 2.59 bits per heavy atom. The molecule has 0 radical (unpaired) electrons. The number of aromatic amines is 1. The molecule has 0 aliphatic carbocycles. The number of alkyl halides is 1. The number of benzene rings is 2. The summed E-state index contributed by atoms with van der Waals surface area (Å²) in [5.41, 5.74) is 0.732. The number of fused-ring (bicyclic) bond motifs is 3. The zero-order chi connectivity index (χ0) is 15.9. The lowest BCUT2D eigenvalue weighted by atomic mass is 10.0. The van der Waals surface area contributed by atoms with Crippen molar-refractivity contribution in [1.82, 2.24) is 4.98 Å². The van der Waals surface area contributed by atoms with Crippen molar-refractivity contribution in [3.8, 4) is 0 Å². The maximum atomic E-state index is 12.2. The van der Waals surface area contributed by atoms with E-state index in [1.807, 2.05) is 0 Å². The fourth-order valence-electron chi connectivity index (χ4n) is 2.39. The Balaban J connectivity index is 2.44. The molecule has 1 aromatic heterocycles. The average Bonchev–Trinajstić information content (AvgIpc) is 2.47. The number of nitrogens with one attached hydrogen (secondary N) is 2. The molecule has 22 heavy (non-hydrogen) atoms. The Bertz CT molecular complexity index is 966. The molecule has 0 atom stereocenters. The minimum atomic E-state index is -0.362. The minimum Gasteiger partial charge on any atom is -0.324 e. The van der Waals surface area contributed by atoms with Gasteiger partial charge in [-0.2, -0.15) is 0 Å². The summed E-state index contributed by atoms with van der Waals surface area (Å²) in [6.07, 6.45) is 0. The van der Waals surface area contributed by atoms with E-state index in [0.717, 1.165) is 0 Å². The Kier molecular flexibility index (Phi) is 4.00. The van der Waals surface area contributed by atoms with E-state index in [1.165, 1.54) is 0 Å². The van der Waals surface area contributed by atoms with Crippen molar-refractivity contribution < 1.29 is 4.79 Å². The Hall–Kier alpha value is -1.75. The van der Waals surface area contributed by atoms with Gasteiger partial charge in [0, 0.05) is 20.8 Å². The SMILES string of the molecule is O=C(CCl)Nc1cc(Cl)cc2[nH]c(=O)c3cc(Cl)ccc3c12. The van der Waals surface area contributed by atoms with Crippen molar-refractivity contribution in [2.45, 2.75) is 0 Å². The van der Waals surface area contributed by atoms with Crippen molar-refractivity contribution in [3.63, 3.8) is 0 Å². The fraction of sp³-hybridized carbons (Fsp3) is 0.0667. The molecule has 1 heterocycles. The molecule has 0 aliphatic heterocycles. The van der Waals surface area contributed by atoms with Crippen molar-refractivity contribution in [3.05, 3.63) is 50.7 Å². The van der Waals surface area contributed by atoms with Crippen LogP contribution < -0.4 is 10.9 Å². The molecule has 1 amide bonds. The second-order valence-electron chi connectivity index (χ2n) is 4.70. The number of hydrogen-bond acceptors (Lipinski definition) is 2. The largest absolute Gasteiger partial charge is 0.324 e. The van der Waals surface area contributed by atoms with Gasteiger partial charge in [-0.15, -0.1) is 11.6 Å². The quantitative estimate of drug-likeness (QED) is 0.535. The Morgan fingerprint density at radius 2 is 1.86 bits per heavy atom. The summed E-state index contributed by atoms with van der Waals surface area (Å²) >= 11 is 17.5. The topological polar surface area (TPSA) is 62.0 Å². The van der Waals surface area contributed by atoms with Gasteiger partial charge in [-0.1, -0.05) is 29.3 Å². The molecule has 3 aromatic rings. The molecule has 4 nitrogen and oxygen atoms in total. The summed E-state index contributed by atoms with van der Waals surface area (Å²) in [7, 11) is 0. The lowest BCUT2D eigenvalue weighted by molar-refractivity contribution is -0.113. The molecule has 2 N–H and O–H groups in total. The summed E-state index contributed by atoms with van der Waals surface area (Å²) < 4.78 is 0. The summed E-state index contributed by atoms with van der Waals surface area (Å²) in [5.74, 6) is -0.542. The predicted octanol–water partition coefficient (Wildman–Crippen LogP) is 4.17. The summed E-state index contributed by atoms with van der Waals surface area (Å²) in [4.78, 5) is 26.5. The van der Waals surface area contributed by atoms with Crippen LogP contribution in [-0.4, -0.2) is 16.8 Å². The third-order valence-corrected chi connectivity index (χ3v) is 3.94. The van der Waals surface area contributed by atoms with Crippen LogP contribution >= 0.6 is 34.8 Å². The highest BCUT2D eigenvalue weighted by Crippen LogP contribution is 2.32. The van der Waals surface area contributed by atoms with Gasteiger partial charge >= 0.3 is 0 Å². The molecule has 0 aliphatic rings. The standard InChI is InChI=1S/C15H9Cl3N2O2/c16-6-13(21)19-11-4-8(18)5-12-14(11)9-2-1-7(17)3-10(9)15(22)20-12/h1-5H,6H2,(H,19,21)(H,20,22). The first kappa shape index (κ1) is 15.2. The maximum Gasteiger partial charge on any atom is 0.256 e. The minimum absolute atomic E-state index is 0.179. The van der Waals surface area contributed by atoms with Gasteiger partial charge in [0.15, 0.2) is 0 Å². The van der Waals surface area contributed by atoms with Gasteiger partial charge in [-0.3, -0.25) is 9.59 Å². The van der Waals surface area contributed by atoms with Crippen LogP contribution in [0.25, 0.3) is 21.7 Å². The zero-order valence-electron chi connectivity index (χ0n) is 11.0. The van der Waals surface area contributed by atoms with Gasteiger partial charge in [-0.05, 0) is 29.7 Å². The van der Waals surface area contributed by atoms with Gasteiger partial charge in [0.25, 0.3) is 5.56 Å². The van der Waals surface area contributed by atoms with Crippen LogP contribution in [0, 0.1) is 0 Å². The van der Waals surface area contributed by atoms with E-state index in [-0.39, 0.29) is 17.3 Å². The second kappa shape index (κ2) is 5.80. The summed E-state index contributed by atoms with van der Waals surface area (Å²) in [6.45, 7) is 0. The molecule has 0 saturated carbocycles. The number of H-pyrrole nitrogens is 1. The highest BCUT2D eigenvalue weighted by molar-refractivity contribution is 6.34. The summed E-state index contributed by atoms with van der Waals surface area (Å²) in [5, 5.41) is 5.32. The number of hydrogen-bond donors (Lipinski definition) is 2. The number of carbonyl (C=O) groups excluding carboxylic acids is 1. The molecule has 0 spiro atoms. The van der Waals surface area contributed by atoms with Crippen LogP contribution in [0.5, 0.6) is 0 Å². The highest BCUT2D eigenvalue weighted by atomic mass is 35.5. The van der Waals surface area contributed by atoms with E-state index in [9.17, 15) is 9.59 Å². The molecule has 0 fully saturated rings. The van der Waals surface area contributed by atoms with Crippen LogP contribution in [0.2, 0.25) is 10.0 Å². The van der Waals surface area contributed by atoms with Crippen LogP contribution in [0.4, 0.5) is 5.69 Å². The van der Waals surface area contributed by atoms with Crippen LogP contribution in [0.1, 0.15) is 0 Å². The number of rotatable bonds is 2. The number of aromatic nitrogens is 1. The van der Waals surface area contributed by atoms with Gasteiger partial charge in [0.1, 0.15) is 5.88 Å². The molecule has 7 heteroatoms. The van der Waals surface area contributed by atoms with Crippen LogP contribution in [0.3, 0.4) is 0 Å². The van der Waals surface area contributed by atoms with Gasteiger partial charge in [0.05, 0.1) is 11.2 Å². The number of anilines is 1. The molecule has 0 saturated heterocycles. The van der Waals surface area contributed by atoms with Gasteiger partial charge in [0.2, 0.25) is 5.91 Å². The van der Waals surface area contributed by atoms with Crippen molar-refractivity contribution in [2.75, 3.05) is 11.2 Å². The normalized spacial score (nSPS) is 11.0.